The Balaban J connectivity index is 1.70. The Morgan fingerprint density at radius 3 is 2.24 bits per heavy atom. The van der Waals surface area contributed by atoms with Crippen molar-refractivity contribution in [1.82, 2.24) is 10.0 Å². The molecule has 0 saturated heterocycles. The van der Waals surface area contributed by atoms with Crippen LogP contribution >= 0.6 is 0 Å². The van der Waals surface area contributed by atoms with E-state index in [9.17, 15) is 13.2 Å². The molecule has 0 aromatic heterocycles. The van der Waals surface area contributed by atoms with Crippen LogP contribution in [-0.2, 0) is 21.2 Å². The van der Waals surface area contributed by atoms with Crippen LogP contribution < -0.4 is 10.0 Å². The van der Waals surface area contributed by atoms with E-state index in [4.69, 9.17) is 0 Å². The first kappa shape index (κ1) is 19.1. The third kappa shape index (κ3) is 6.68. The highest BCUT2D eigenvalue weighted by Gasteiger charge is 2.14. The van der Waals surface area contributed by atoms with Crippen molar-refractivity contribution in [3.05, 3.63) is 66.2 Å². The van der Waals surface area contributed by atoms with E-state index in [0.717, 1.165) is 12.8 Å². The number of carbonyl (C=O) groups excluding carboxylic acids is 1. The van der Waals surface area contributed by atoms with Crippen LogP contribution in [0.5, 0.6) is 0 Å². The molecule has 0 fully saturated rings. The fraction of sp³-hybridized carbons (Fsp3) is 0.316. The average molecular weight is 360 g/mol. The molecule has 6 heteroatoms. The van der Waals surface area contributed by atoms with Crippen molar-refractivity contribution in [1.29, 1.82) is 0 Å². The Hall–Kier alpha value is -2.18. The largest absolute Gasteiger partial charge is 0.354 e. The summed E-state index contributed by atoms with van der Waals surface area (Å²) >= 11 is 0. The first-order valence-electron chi connectivity index (χ1n) is 8.35. The molecule has 0 aliphatic rings. The Morgan fingerprint density at radius 1 is 1.00 bits per heavy atom. The van der Waals surface area contributed by atoms with Crippen molar-refractivity contribution < 1.29 is 13.2 Å². The molecule has 1 atom stereocenters. The summed E-state index contributed by atoms with van der Waals surface area (Å²) in [6.07, 6.45) is 1.84. The maximum absolute atomic E-state index is 12.1. The lowest BCUT2D eigenvalue weighted by Crippen LogP contribution is -2.35. The second-order valence-corrected chi connectivity index (χ2v) is 7.72. The van der Waals surface area contributed by atoms with Gasteiger partial charge in [0.15, 0.2) is 0 Å². The van der Waals surface area contributed by atoms with Gasteiger partial charge in [-0.1, -0.05) is 48.5 Å². The zero-order chi connectivity index (χ0) is 18.1. The Kier molecular flexibility index (Phi) is 7.16. The van der Waals surface area contributed by atoms with E-state index in [-0.39, 0.29) is 29.8 Å². The third-order valence-electron chi connectivity index (χ3n) is 3.81. The van der Waals surface area contributed by atoms with Crippen molar-refractivity contribution >= 4 is 15.9 Å². The van der Waals surface area contributed by atoms with E-state index in [0.29, 0.717) is 0 Å². The minimum atomic E-state index is -3.56. The zero-order valence-electron chi connectivity index (χ0n) is 14.3. The van der Waals surface area contributed by atoms with Gasteiger partial charge in [0.25, 0.3) is 0 Å². The van der Waals surface area contributed by atoms with Gasteiger partial charge in [-0.3, -0.25) is 4.79 Å². The van der Waals surface area contributed by atoms with E-state index in [1.165, 1.54) is 17.7 Å². The van der Waals surface area contributed by atoms with E-state index < -0.39 is 10.0 Å². The van der Waals surface area contributed by atoms with Gasteiger partial charge >= 0.3 is 0 Å². The second-order valence-electron chi connectivity index (χ2n) is 5.95. The number of hydrogen-bond acceptors (Lipinski definition) is 3. The number of amides is 1. The summed E-state index contributed by atoms with van der Waals surface area (Å²) in [7, 11) is -3.56. The maximum Gasteiger partial charge on any atom is 0.240 e. The van der Waals surface area contributed by atoms with Crippen molar-refractivity contribution in [3.8, 4) is 0 Å². The molecular formula is C19H24N2O3S. The summed E-state index contributed by atoms with van der Waals surface area (Å²) in [4.78, 5) is 12.1. The van der Waals surface area contributed by atoms with E-state index in [2.05, 4.69) is 22.2 Å². The number of aryl methyl sites for hydroxylation is 1. The first-order valence-corrected chi connectivity index (χ1v) is 9.84. The summed E-state index contributed by atoms with van der Waals surface area (Å²) in [5.41, 5.74) is 1.24. The van der Waals surface area contributed by atoms with Gasteiger partial charge in [-0.05, 0) is 37.5 Å². The molecule has 134 valence electrons. The fourth-order valence-corrected chi connectivity index (χ4v) is 3.48. The monoisotopic (exact) mass is 360 g/mol. The molecule has 2 N–H and O–H groups in total. The Labute approximate surface area is 149 Å². The highest BCUT2D eigenvalue weighted by molar-refractivity contribution is 7.89. The van der Waals surface area contributed by atoms with Gasteiger partial charge in [-0.2, -0.15) is 0 Å². The van der Waals surface area contributed by atoms with Gasteiger partial charge in [-0.15, -0.1) is 0 Å². The van der Waals surface area contributed by atoms with Crippen LogP contribution in [0.1, 0.15) is 25.3 Å². The standard InChI is InChI=1S/C19H24N2O3S/c1-16(12-13-17-8-4-2-5-9-17)21-19(22)14-15-20-25(23,24)18-10-6-3-7-11-18/h2-11,16,20H,12-15H2,1H3,(H,21,22)/t16-/m1/s1. The van der Waals surface area contributed by atoms with Gasteiger partial charge in [-0.25, -0.2) is 13.1 Å². The van der Waals surface area contributed by atoms with Gasteiger partial charge in [0.2, 0.25) is 15.9 Å². The smallest absolute Gasteiger partial charge is 0.240 e. The molecule has 1 amide bonds. The van der Waals surface area contributed by atoms with Crippen molar-refractivity contribution in [3.63, 3.8) is 0 Å². The molecule has 0 saturated carbocycles. The summed E-state index contributed by atoms with van der Waals surface area (Å²) in [6.45, 7) is 2.03. The molecule has 0 aliphatic heterocycles. The summed E-state index contributed by atoms with van der Waals surface area (Å²) in [5.74, 6) is -0.156. The Bertz CT molecular complexity index is 762. The Morgan fingerprint density at radius 2 is 1.60 bits per heavy atom. The molecule has 0 bridgehead atoms. The predicted octanol–water partition coefficient (Wildman–Crippen LogP) is 2.49. The fourth-order valence-electron chi connectivity index (χ4n) is 2.43. The quantitative estimate of drug-likeness (QED) is 0.721. The van der Waals surface area contributed by atoms with Crippen molar-refractivity contribution in [2.24, 2.45) is 0 Å². The minimum absolute atomic E-state index is 0.0402. The van der Waals surface area contributed by atoms with Gasteiger partial charge < -0.3 is 5.32 Å². The number of sulfonamides is 1. The molecule has 2 rings (SSSR count). The minimum Gasteiger partial charge on any atom is -0.354 e. The van der Waals surface area contributed by atoms with Crippen molar-refractivity contribution in [2.75, 3.05) is 6.54 Å². The number of benzene rings is 2. The van der Waals surface area contributed by atoms with E-state index in [1.54, 1.807) is 18.2 Å². The molecule has 25 heavy (non-hydrogen) atoms. The number of rotatable bonds is 9. The lowest BCUT2D eigenvalue weighted by atomic mass is 10.1. The van der Waals surface area contributed by atoms with E-state index in [1.807, 2.05) is 25.1 Å². The molecule has 0 aliphatic carbocycles. The number of hydrogen-bond donors (Lipinski definition) is 2. The van der Waals surface area contributed by atoms with Gasteiger partial charge in [0.05, 0.1) is 4.90 Å². The predicted molar refractivity (Wildman–Crippen MR) is 98.6 cm³/mol. The lowest BCUT2D eigenvalue weighted by molar-refractivity contribution is -0.121. The van der Waals surface area contributed by atoms with Crippen LogP contribution in [0.2, 0.25) is 0 Å². The number of nitrogens with one attached hydrogen (secondary N) is 2. The zero-order valence-corrected chi connectivity index (χ0v) is 15.1. The van der Waals surface area contributed by atoms with Crippen LogP contribution in [0.15, 0.2) is 65.6 Å². The topological polar surface area (TPSA) is 75.3 Å². The van der Waals surface area contributed by atoms with Crippen LogP contribution in [0, 0.1) is 0 Å². The first-order chi connectivity index (χ1) is 12.0. The number of carbonyl (C=O) groups is 1. The normalized spacial score (nSPS) is 12.5. The summed E-state index contributed by atoms with van der Waals surface area (Å²) < 4.78 is 26.6. The second kappa shape index (κ2) is 9.34. The van der Waals surface area contributed by atoms with E-state index >= 15 is 0 Å². The highest BCUT2D eigenvalue weighted by atomic mass is 32.2. The highest BCUT2D eigenvalue weighted by Crippen LogP contribution is 2.07. The molecule has 2 aromatic carbocycles. The molecule has 5 nitrogen and oxygen atoms in total. The van der Waals surface area contributed by atoms with Crippen LogP contribution in [-0.4, -0.2) is 26.9 Å². The summed E-state index contributed by atoms with van der Waals surface area (Å²) in [6, 6.07) is 18.3. The molecular weight excluding hydrogens is 336 g/mol. The van der Waals surface area contributed by atoms with Crippen molar-refractivity contribution in [2.45, 2.75) is 37.1 Å². The summed E-state index contributed by atoms with van der Waals surface area (Å²) in [5, 5.41) is 2.90. The maximum atomic E-state index is 12.1. The van der Waals surface area contributed by atoms with Crippen LogP contribution in [0.25, 0.3) is 0 Å². The third-order valence-corrected chi connectivity index (χ3v) is 5.29. The SMILES string of the molecule is C[C@H](CCc1ccccc1)NC(=O)CCNS(=O)(=O)c1ccccc1. The van der Waals surface area contributed by atoms with Crippen LogP contribution in [0.3, 0.4) is 0 Å². The lowest BCUT2D eigenvalue weighted by Gasteiger charge is -2.14. The average Bonchev–Trinajstić information content (AvgIpc) is 2.61. The van der Waals surface area contributed by atoms with Gasteiger partial charge in [0, 0.05) is 19.0 Å². The molecule has 2 aromatic rings. The molecule has 0 heterocycles. The van der Waals surface area contributed by atoms with Gasteiger partial charge in [0.1, 0.15) is 0 Å². The molecule has 0 spiro atoms. The molecule has 0 unspecified atom stereocenters. The molecule has 0 radical (unpaired) electrons. The van der Waals surface area contributed by atoms with Crippen LogP contribution in [0.4, 0.5) is 0 Å².